The van der Waals surface area contributed by atoms with Gasteiger partial charge in [0, 0.05) is 18.8 Å². The van der Waals surface area contributed by atoms with Crippen LogP contribution < -0.4 is 16.0 Å². The van der Waals surface area contributed by atoms with Gasteiger partial charge in [-0.3, -0.25) is 4.79 Å². The van der Waals surface area contributed by atoms with E-state index in [-0.39, 0.29) is 11.9 Å². The van der Waals surface area contributed by atoms with E-state index >= 15 is 0 Å². The Kier molecular flexibility index (Phi) is 5.32. The van der Waals surface area contributed by atoms with Crippen LogP contribution in [-0.2, 0) is 16.1 Å². The SMILES string of the molecule is CCNCc1cccc(NC(=O)C2COCCN2)c1. The number of anilines is 1. The summed E-state index contributed by atoms with van der Waals surface area (Å²) in [7, 11) is 0. The average Bonchev–Trinajstić information content (AvgIpc) is 2.46. The first kappa shape index (κ1) is 14.0. The molecule has 1 aliphatic rings. The lowest BCUT2D eigenvalue weighted by Crippen LogP contribution is -2.48. The van der Waals surface area contributed by atoms with Crippen LogP contribution in [0.3, 0.4) is 0 Å². The number of amides is 1. The molecule has 5 nitrogen and oxygen atoms in total. The molecule has 1 aliphatic heterocycles. The van der Waals surface area contributed by atoms with Crippen molar-refractivity contribution in [3.05, 3.63) is 29.8 Å². The maximum Gasteiger partial charge on any atom is 0.243 e. The van der Waals surface area contributed by atoms with E-state index in [1.807, 2.05) is 24.3 Å². The van der Waals surface area contributed by atoms with Gasteiger partial charge in [0.2, 0.25) is 5.91 Å². The fourth-order valence-corrected chi connectivity index (χ4v) is 1.99. The van der Waals surface area contributed by atoms with Crippen LogP contribution >= 0.6 is 0 Å². The van der Waals surface area contributed by atoms with E-state index in [1.54, 1.807) is 0 Å². The number of rotatable bonds is 5. The van der Waals surface area contributed by atoms with Gasteiger partial charge in [-0.15, -0.1) is 0 Å². The minimum atomic E-state index is -0.258. The van der Waals surface area contributed by atoms with Crippen LogP contribution in [0.4, 0.5) is 5.69 Å². The minimum Gasteiger partial charge on any atom is -0.378 e. The van der Waals surface area contributed by atoms with Crippen LogP contribution in [0.25, 0.3) is 0 Å². The molecule has 0 radical (unpaired) electrons. The van der Waals surface area contributed by atoms with Crippen LogP contribution in [0.15, 0.2) is 24.3 Å². The van der Waals surface area contributed by atoms with Crippen molar-refractivity contribution in [2.24, 2.45) is 0 Å². The third-order valence-electron chi connectivity index (χ3n) is 3.01. The van der Waals surface area contributed by atoms with Crippen molar-refractivity contribution in [3.63, 3.8) is 0 Å². The maximum absolute atomic E-state index is 12.0. The molecule has 1 amide bonds. The molecule has 2 rings (SSSR count). The Morgan fingerprint density at radius 1 is 1.53 bits per heavy atom. The van der Waals surface area contributed by atoms with Crippen LogP contribution in [-0.4, -0.2) is 38.3 Å². The molecule has 3 N–H and O–H groups in total. The molecular formula is C14H21N3O2. The third kappa shape index (κ3) is 4.31. The van der Waals surface area contributed by atoms with E-state index < -0.39 is 0 Å². The Hall–Kier alpha value is -1.43. The number of benzene rings is 1. The molecule has 104 valence electrons. The molecule has 19 heavy (non-hydrogen) atoms. The van der Waals surface area contributed by atoms with Gasteiger partial charge in [0.25, 0.3) is 0 Å². The van der Waals surface area contributed by atoms with Gasteiger partial charge in [0.15, 0.2) is 0 Å². The molecule has 0 aromatic heterocycles. The van der Waals surface area contributed by atoms with Gasteiger partial charge < -0.3 is 20.7 Å². The molecule has 1 saturated heterocycles. The Balaban J connectivity index is 1.92. The largest absolute Gasteiger partial charge is 0.378 e. The van der Waals surface area contributed by atoms with E-state index in [0.717, 1.165) is 30.9 Å². The van der Waals surface area contributed by atoms with Crippen LogP contribution in [0.2, 0.25) is 0 Å². The van der Waals surface area contributed by atoms with Crippen molar-refractivity contribution < 1.29 is 9.53 Å². The molecule has 0 bridgehead atoms. The quantitative estimate of drug-likeness (QED) is 0.732. The molecule has 1 heterocycles. The summed E-state index contributed by atoms with van der Waals surface area (Å²) in [6, 6.07) is 7.63. The summed E-state index contributed by atoms with van der Waals surface area (Å²) in [6.45, 7) is 5.63. The Bertz CT molecular complexity index is 417. The highest BCUT2D eigenvalue weighted by molar-refractivity contribution is 5.95. The molecule has 1 aromatic carbocycles. The van der Waals surface area contributed by atoms with Crippen molar-refractivity contribution in [2.75, 3.05) is 31.6 Å². The van der Waals surface area contributed by atoms with E-state index in [4.69, 9.17) is 4.74 Å². The van der Waals surface area contributed by atoms with E-state index in [0.29, 0.717) is 13.2 Å². The van der Waals surface area contributed by atoms with E-state index in [1.165, 1.54) is 0 Å². The average molecular weight is 263 g/mol. The molecule has 0 spiro atoms. The maximum atomic E-state index is 12.0. The molecule has 0 aliphatic carbocycles. The topological polar surface area (TPSA) is 62.4 Å². The van der Waals surface area contributed by atoms with Crippen molar-refractivity contribution in [1.29, 1.82) is 0 Å². The first-order valence-electron chi connectivity index (χ1n) is 6.71. The van der Waals surface area contributed by atoms with Gasteiger partial charge in [0.1, 0.15) is 6.04 Å². The first-order chi connectivity index (χ1) is 9.29. The van der Waals surface area contributed by atoms with Gasteiger partial charge in [-0.25, -0.2) is 0 Å². The lowest BCUT2D eigenvalue weighted by Gasteiger charge is -2.23. The zero-order valence-electron chi connectivity index (χ0n) is 11.2. The Morgan fingerprint density at radius 3 is 3.16 bits per heavy atom. The van der Waals surface area contributed by atoms with E-state index in [9.17, 15) is 4.79 Å². The second-order valence-electron chi connectivity index (χ2n) is 4.55. The van der Waals surface area contributed by atoms with Gasteiger partial charge in [0.05, 0.1) is 13.2 Å². The molecule has 1 atom stereocenters. The summed E-state index contributed by atoms with van der Waals surface area (Å²) in [5.41, 5.74) is 1.99. The fourth-order valence-electron chi connectivity index (χ4n) is 1.99. The molecule has 1 fully saturated rings. The summed E-state index contributed by atoms with van der Waals surface area (Å²) in [6.07, 6.45) is 0. The second kappa shape index (κ2) is 7.23. The monoisotopic (exact) mass is 263 g/mol. The zero-order valence-corrected chi connectivity index (χ0v) is 11.2. The number of ether oxygens (including phenoxy) is 1. The minimum absolute atomic E-state index is 0.0414. The number of hydrogen-bond donors (Lipinski definition) is 3. The van der Waals surface area contributed by atoms with Gasteiger partial charge in [-0.05, 0) is 24.2 Å². The van der Waals surface area contributed by atoms with Crippen LogP contribution in [0, 0.1) is 0 Å². The molecule has 0 saturated carbocycles. The molecule has 1 aromatic rings. The molecule has 1 unspecified atom stereocenters. The first-order valence-corrected chi connectivity index (χ1v) is 6.71. The number of nitrogens with one attached hydrogen (secondary N) is 3. The third-order valence-corrected chi connectivity index (χ3v) is 3.01. The standard InChI is InChI=1S/C14H21N3O2/c1-2-15-9-11-4-3-5-12(8-11)17-14(18)13-10-19-7-6-16-13/h3-5,8,13,15-16H,2,6-7,9-10H2,1H3,(H,17,18). The summed E-state index contributed by atoms with van der Waals surface area (Å²) >= 11 is 0. The van der Waals surface area contributed by atoms with Crippen molar-refractivity contribution >= 4 is 11.6 Å². The van der Waals surface area contributed by atoms with Crippen LogP contribution in [0.5, 0.6) is 0 Å². The lowest BCUT2D eigenvalue weighted by molar-refractivity contribution is -0.120. The highest BCUT2D eigenvalue weighted by atomic mass is 16.5. The lowest BCUT2D eigenvalue weighted by atomic mass is 10.2. The zero-order chi connectivity index (χ0) is 13.5. The Labute approximate surface area is 113 Å². The van der Waals surface area contributed by atoms with Crippen molar-refractivity contribution in [1.82, 2.24) is 10.6 Å². The summed E-state index contributed by atoms with van der Waals surface area (Å²) in [4.78, 5) is 12.0. The predicted octanol–water partition coefficient (Wildman–Crippen LogP) is 0.723. The van der Waals surface area contributed by atoms with Crippen molar-refractivity contribution in [3.8, 4) is 0 Å². The molecular weight excluding hydrogens is 242 g/mol. The van der Waals surface area contributed by atoms with Gasteiger partial charge >= 0.3 is 0 Å². The van der Waals surface area contributed by atoms with Crippen LogP contribution in [0.1, 0.15) is 12.5 Å². The highest BCUT2D eigenvalue weighted by Gasteiger charge is 2.20. The highest BCUT2D eigenvalue weighted by Crippen LogP contribution is 2.11. The number of carbonyl (C=O) groups is 1. The van der Waals surface area contributed by atoms with Gasteiger partial charge in [-0.1, -0.05) is 19.1 Å². The smallest absolute Gasteiger partial charge is 0.243 e. The number of hydrogen-bond acceptors (Lipinski definition) is 4. The summed E-state index contributed by atoms with van der Waals surface area (Å²) in [5.74, 6) is -0.0414. The predicted molar refractivity (Wildman–Crippen MR) is 75.1 cm³/mol. The van der Waals surface area contributed by atoms with Gasteiger partial charge in [-0.2, -0.15) is 0 Å². The number of carbonyl (C=O) groups excluding carboxylic acids is 1. The molecule has 5 heteroatoms. The van der Waals surface area contributed by atoms with E-state index in [2.05, 4.69) is 22.9 Å². The second-order valence-corrected chi connectivity index (χ2v) is 4.55. The Morgan fingerprint density at radius 2 is 2.42 bits per heavy atom. The van der Waals surface area contributed by atoms with Crippen molar-refractivity contribution in [2.45, 2.75) is 19.5 Å². The fraction of sp³-hybridized carbons (Fsp3) is 0.500. The summed E-state index contributed by atoms with van der Waals surface area (Å²) < 4.78 is 5.28. The number of morpholine rings is 1. The normalized spacial score (nSPS) is 19.1. The summed E-state index contributed by atoms with van der Waals surface area (Å²) in [5, 5.41) is 9.32.